The molecule has 1 aromatic rings. The van der Waals surface area contributed by atoms with Gasteiger partial charge >= 0.3 is 6.03 Å². The Bertz CT molecular complexity index is 423. The number of benzene rings is 1. The van der Waals surface area contributed by atoms with Crippen molar-refractivity contribution in [2.75, 3.05) is 5.32 Å². The first kappa shape index (κ1) is 15.5. The lowest BCUT2D eigenvalue weighted by molar-refractivity contribution is 0.0405. The van der Waals surface area contributed by atoms with Gasteiger partial charge in [-0.2, -0.15) is 0 Å². The fourth-order valence-electron chi connectivity index (χ4n) is 1.67. The van der Waals surface area contributed by atoms with Gasteiger partial charge in [-0.3, -0.25) is 0 Å². The highest BCUT2D eigenvalue weighted by atomic mass is 16.3. The number of nitrogens with two attached hydrogens (primary N) is 1. The van der Waals surface area contributed by atoms with Crippen LogP contribution in [-0.4, -0.2) is 22.8 Å². The molecule has 0 spiro atoms. The highest BCUT2D eigenvalue weighted by molar-refractivity contribution is 5.87. The van der Waals surface area contributed by atoms with E-state index in [1.165, 1.54) is 0 Å². The Morgan fingerprint density at radius 1 is 1.26 bits per heavy atom. The molecule has 0 heterocycles. The number of anilines is 1. The molecule has 0 fully saturated rings. The minimum atomic E-state index is -0.776. The normalized spacial score (nSPS) is 14.8. The Labute approximate surface area is 114 Å². The monoisotopic (exact) mass is 265 g/mol. The molecule has 0 radical (unpaired) electrons. The van der Waals surface area contributed by atoms with E-state index in [0.29, 0.717) is 5.69 Å². The van der Waals surface area contributed by atoms with Crippen LogP contribution in [0.4, 0.5) is 10.5 Å². The topological polar surface area (TPSA) is 87.4 Å². The molecule has 5 N–H and O–H groups in total. The van der Waals surface area contributed by atoms with Crippen molar-refractivity contribution in [3.63, 3.8) is 0 Å². The molecule has 106 valence electrons. The van der Waals surface area contributed by atoms with Gasteiger partial charge in [0, 0.05) is 17.8 Å². The highest BCUT2D eigenvalue weighted by Crippen LogP contribution is 2.18. The summed E-state index contributed by atoms with van der Waals surface area (Å²) in [5.74, 6) is 0. The lowest BCUT2D eigenvalue weighted by Gasteiger charge is -2.30. The Kier molecular flexibility index (Phi) is 4.91. The molecule has 0 aliphatic heterocycles. The lowest BCUT2D eigenvalue weighted by Crippen LogP contribution is -2.45. The lowest BCUT2D eigenvalue weighted by atomic mass is 9.98. The maximum absolute atomic E-state index is 10.7. The van der Waals surface area contributed by atoms with Crippen LogP contribution in [-0.2, 0) is 0 Å². The first-order valence-corrected chi connectivity index (χ1v) is 6.35. The van der Waals surface area contributed by atoms with Crippen LogP contribution < -0.4 is 16.4 Å². The van der Waals surface area contributed by atoms with Crippen molar-refractivity contribution in [1.29, 1.82) is 0 Å². The van der Waals surface area contributed by atoms with Gasteiger partial charge in [0.05, 0.1) is 5.60 Å². The van der Waals surface area contributed by atoms with Gasteiger partial charge in [-0.1, -0.05) is 12.1 Å². The van der Waals surface area contributed by atoms with Crippen molar-refractivity contribution in [3.05, 3.63) is 29.8 Å². The summed E-state index contributed by atoms with van der Waals surface area (Å²) in [5.41, 5.74) is 6.01. The van der Waals surface area contributed by atoms with Crippen LogP contribution in [0.2, 0.25) is 0 Å². The Morgan fingerprint density at radius 3 is 2.21 bits per heavy atom. The van der Waals surface area contributed by atoms with E-state index in [1.54, 1.807) is 26.0 Å². The first-order valence-electron chi connectivity index (χ1n) is 6.35. The molecule has 0 aliphatic rings. The Balaban J connectivity index is 2.67. The number of aliphatic hydroxyl groups is 1. The number of amides is 2. The zero-order valence-electron chi connectivity index (χ0n) is 11.9. The SMILES string of the molecule is CC(NC(C)C(C)(C)O)c1ccc(NC(N)=O)cc1. The number of hydrogen-bond acceptors (Lipinski definition) is 3. The predicted octanol–water partition coefficient (Wildman–Crippen LogP) is 1.99. The molecule has 0 aliphatic carbocycles. The van der Waals surface area contributed by atoms with E-state index in [2.05, 4.69) is 10.6 Å². The summed E-state index contributed by atoms with van der Waals surface area (Å²) in [6.07, 6.45) is 0. The van der Waals surface area contributed by atoms with E-state index in [1.807, 2.05) is 26.0 Å². The molecule has 2 atom stereocenters. The van der Waals surface area contributed by atoms with Crippen LogP contribution in [0.1, 0.15) is 39.3 Å². The van der Waals surface area contributed by atoms with Crippen molar-refractivity contribution < 1.29 is 9.90 Å². The number of hydrogen-bond donors (Lipinski definition) is 4. The van der Waals surface area contributed by atoms with Gasteiger partial charge < -0.3 is 21.5 Å². The molecule has 1 aromatic carbocycles. The maximum atomic E-state index is 10.7. The third kappa shape index (κ3) is 4.89. The Morgan fingerprint density at radius 2 is 1.79 bits per heavy atom. The molecule has 19 heavy (non-hydrogen) atoms. The third-order valence-corrected chi connectivity index (χ3v) is 3.24. The molecule has 2 amide bonds. The molecule has 0 aromatic heterocycles. The summed E-state index contributed by atoms with van der Waals surface area (Å²) in [4.78, 5) is 10.7. The standard InChI is InChI=1S/C14H23N3O2/c1-9(16-10(2)14(3,4)19)11-5-7-12(8-6-11)17-13(15)18/h5-10,16,19H,1-4H3,(H3,15,17,18). The molecule has 1 rings (SSSR count). The van der Waals surface area contributed by atoms with Crippen LogP contribution >= 0.6 is 0 Å². The van der Waals surface area contributed by atoms with Gasteiger partial charge in [0.1, 0.15) is 0 Å². The van der Waals surface area contributed by atoms with Crippen LogP contribution in [0.3, 0.4) is 0 Å². The molecule has 2 unspecified atom stereocenters. The second-order valence-corrected chi connectivity index (χ2v) is 5.37. The minimum Gasteiger partial charge on any atom is -0.389 e. The van der Waals surface area contributed by atoms with Crippen molar-refractivity contribution in [3.8, 4) is 0 Å². The van der Waals surface area contributed by atoms with Crippen LogP contribution in [0.25, 0.3) is 0 Å². The summed E-state index contributed by atoms with van der Waals surface area (Å²) < 4.78 is 0. The number of nitrogens with one attached hydrogen (secondary N) is 2. The Hall–Kier alpha value is -1.59. The zero-order chi connectivity index (χ0) is 14.6. The van der Waals surface area contributed by atoms with Crippen molar-refractivity contribution in [2.45, 2.75) is 45.4 Å². The van der Waals surface area contributed by atoms with Crippen LogP contribution in [0.5, 0.6) is 0 Å². The molecule has 5 nitrogen and oxygen atoms in total. The third-order valence-electron chi connectivity index (χ3n) is 3.24. The molecule has 0 saturated heterocycles. The van der Waals surface area contributed by atoms with Gasteiger partial charge in [-0.25, -0.2) is 4.79 Å². The summed E-state index contributed by atoms with van der Waals surface area (Å²) >= 11 is 0. The second kappa shape index (κ2) is 6.04. The van der Waals surface area contributed by atoms with E-state index in [9.17, 15) is 9.90 Å². The molecule has 5 heteroatoms. The van der Waals surface area contributed by atoms with Gasteiger partial charge in [0.25, 0.3) is 0 Å². The van der Waals surface area contributed by atoms with Gasteiger partial charge in [0.2, 0.25) is 0 Å². The summed E-state index contributed by atoms with van der Waals surface area (Å²) in [7, 11) is 0. The average molecular weight is 265 g/mol. The minimum absolute atomic E-state index is 0.0362. The number of urea groups is 1. The van der Waals surface area contributed by atoms with Crippen molar-refractivity contribution in [1.82, 2.24) is 5.32 Å². The highest BCUT2D eigenvalue weighted by Gasteiger charge is 2.23. The zero-order valence-corrected chi connectivity index (χ0v) is 11.9. The number of carbonyl (C=O) groups excluding carboxylic acids is 1. The quantitative estimate of drug-likeness (QED) is 0.656. The van der Waals surface area contributed by atoms with Gasteiger partial charge in [-0.15, -0.1) is 0 Å². The van der Waals surface area contributed by atoms with E-state index < -0.39 is 11.6 Å². The summed E-state index contributed by atoms with van der Waals surface area (Å²) in [6.45, 7) is 7.52. The number of primary amides is 1. The second-order valence-electron chi connectivity index (χ2n) is 5.37. The molecule has 0 saturated carbocycles. The number of carbonyl (C=O) groups is 1. The molecular weight excluding hydrogens is 242 g/mol. The van der Waals surface area contributed by atoms with E-state index in [-0.39, 0.29) is 12.1 Å². The fraction of sp³-hybridized carbons (Fsp3) is 0.500. The summed E-state index contributed by atoms with van der Waals surface area (Å²) in [6, 6.07) is 6.92. The van der Waals surface area contributed by atoms with Crippen molar-refractivity contribution >= 4 is 11.7 Å². The van der Waals surface area contributed by atoms with Crippen LogP contribution in [0, 0.1) is 0 Å². The van der Waals surface area contributed by atoms with Gasteiger partial charge in [-0.05, 0) is 45.4 Å². The maximum Gasteiger partial charge on any atom is 0.316 e. The summed E-state index contributed by atoms with van der Waals surface area (Å²) in [5, 5.41) is 15.7. The largest absolute Gasteiger partial charge is 0.389 e. The first-order chi connectivity index (χ1) is 8.70. The molecule has 0 bridgehead atoms. The van der Waals surface area contributed by atoms with Gasteiger partial charge in [0.15, 0.2) is 0 Å². The predicted molar refractivity (Wildman–Crippen MR) is 77.0 cm³/mol. The van der Waals surface area contributed by atoms with Crippen molar-refractivity contribution in [2.24, 2.45) is 5.73 Å². The van der Waals surface area contributed by atoms with E-state index in [0.717, 1.165) is 5.56 Å². The van der Waals surface area contributed by atoms with Crippen LogP contribution in [0.15, 0.2) is 24.3 Å². The smallest absolute Gasteiger partial charge is 0.316 e. The number of rotatable bonds is 5. The fourth-order valence-corrected chi connectivity index (χ4v) is 1.67. The van der Waals surface area contributed by atoms with E-state index in [4.69, 9.17) is 5.73 Å². The average Bonchev–Trinajstić information content (AvgIpc) is 2.27. The van der Waals surface area contributed by atoms with E-state index >= 15 is 0 Å². The molecular formula is C14H23N3O2.